The molecular formula is C83H59N5O2Si2. The molecule has 0 unspecified atom stereocenters. The molecule has 1 aliphatic carbocycles. The largest absolute Gasteiger partial charge is 0.452 e. The number of nitriles is 2. The van der Waals surface area contributed by atoms with Crippen LogP contribution in [0.3, 0.4) is 0 Å². The third-order valence-corrected chi connectivity index (χ3v) is 24.1. The van der Waals surface area contributed by atoms with Crippen molar-refractivity contribution in [2.75, 3.05) is 9.80 Å². The van der Waals surface area contributed by atoms with Gasteiger partial charge in [-0.15, -0.1) is 0 Å². The zero-order valence-electron chi connectivity index (χ0n) is 51.7. The molecule has 0 N–H and O–H groups in total. The van der Waals surface area contributed by atoms with Crippen LogP contribution in [-0.2, 0) is 5.41 Å². The van der Waals surface area contributed by atoms with Gasteiger partial charge in [-0.05, 0) is 117 Å². The van der Waals surface area contributed by atoms with Crippen molar-refractivity contribution in [2.24, 2.45) is 0 Å². The Morgan fingerprint density at radius 3 is 1.23 bits per heavy atom. The average Bonchev–Trinajstić information content (AvgIpc) is 1.47. The van der Waals surface area contributed by atoms with Crippen LogP contribution in [0.15, 0.2) is 258 Å². The zero-order chi connectivity index (χ0) is 62.1. The van der Waals surface area contributed by atoms with Gasteiger partial charge in [-0.1, -0.05) is 226 Å². The second kappa shape index (κ2) is 19.4. The van der Waals surface area contributed by atoms with Crippen molar-refractivity contribution < 1.29 is 8.83 Å². The summed E-state index contributed by atoms with van der Waals surface area (Å²) in [7, 11) is -3.50. The molecule has 9 heteroatoms. The highest BCUT2D eigenvalue weighted by atomic mass is 28.3. The van der Waals surface area contributed by atoms with E-state index >= 15 is 0 Å². The number of anilines is 6. The standard InChI is InChI=1S/C83H59N5O2Si2/c1-91(2,3)54-42-38-52(39-43-54)86(72-36-18-30-64-62-28-15-20-50(48-84)79(62)89-81(64)72)74-46-68-76(59-25-9-7-22-56(59)74)77-60-26-10-8-23-57(60)75(47-69(77)83(68)66-32-12-14-35-71(66)88-70-34-13-11-24-58(70)61-27-17-33-67(83)78(61)88)87(53-40-44-55(45-41-53)92(4,5)6)73-37-19-31-65-63-29-16-21-51(49-85)80(63)90-82(65)73/h7-47H,1-6H3. The summed E-state index contributed by atoms with van der Waals surface area (Å²) in [6, 6.07) is 96.1. The van der Waals surface area contributed by atoms with E-state index in [1.807, 2.05) is 24.3 Å². The summed E-state index contributed by atoms with van der Waals surface area (Å²) in [5.41, 5.74) is 18.9. The maximum atomic E-state index is 10.5. The lowest BCUT2D eigenvalue weighted by Gasteiger charge is -2.40. The highest BCUT2D eigenvalue weighted by molar-refractivity contribution is 6.89. The molecule has 436 valence electrons. The molecule has 1 spiro atoms. The van der Waals surface area contributed by atoms with E-state index < -0.39 is 21.6 Å². The number of rotatable bonds is 8. The lowest BCUT2D eigenvalue weighted by Crippen LogP contribution is -2.37. The van der Waals surface area contributed by atoms with E-state index in [4.69, 9.17) is 8.83 Å². The van der Waals surface area contributed by atoms with Gasteiger partial charge in [0.25, 0.3) is 0 Å². The van der Waals surface area contributed by atoms with Crippen molar-refractivity contribution in [1.29, 1.82) is 10.5 Å². The molecule has 7 nitrogen and oxygen atoms in total. The molecule has 0 fully saturated rings. The summed E-state index contributed by atoms with van der Waals surface area (Å²) < 4.78 is 16.7. The number of para-hydroxylation sites is 7. The molecule has 0 saturated heterocycles. The Morgan fingerprint density at radius 1 is 0.348 bits per heavy atom. The van der Waals surface area contributed by atoms with Crippen molar-refractivity contribution in [3.8, 4) is 29.0 Å². The van der Waals surface area contributed by atoms with E-state index in [2.05, 4.69) is 290 Å². The highest BCUT2D eigenvalue weighted by Gasteiger charge is 2.53. The summed E-state index contributed by atoms with van der Waals surface area (Å²) in [6.07, 6.45) is 0. The number of benzene rings is 13. The number of aromatic nitrogens is 1. The smallest absolute Gasteiger partial charge is 0.159 e. The summed E-state index contributed by atoms with van der Waals surface area (Å²) >= 11 is 0. The maximum absolute atomic E-state index is 10.5. The topological polar surface area (TPSA) is 85.3 Å². The van der Waals surface area contributed by atoms with Gasteiger partial charge in [0.2, 0.25) is 0 Å². The van der Waals surface area contributed by atoms with Gasteiger partial charge < -0.3 is 23.2 Å². The first-order chi connectivity index (χ1) is 44.8. The van der Waals surface area contributed by atoms with Crippen molar-refractivity contribution in [1.82, 2.24) is 4.57 Å². The molecule has 0 atom stereocenters. The second-order valence-electron chi connectivity index (χ2n) is 26.9. The van der Waals surface area contributed by atoms with Crippen molar-refractivity contribution >= 4 is 148 Å². The predicted molar refractivity (Wildman–Crippen MR) is 386 cm³/mol. The van der Waals surface area contributed by atoms with Crippen LogP contribution in [0.2, 0.25) is 39.3 Å². The lowest BCUT2D eigenvalue weighted by atomic mass is 9.65. The first-order valence-corrected chi connectivity index (χ1v) is 38.6. The summed E-state index contributed by atoms with van der Waals surface area (Å²) in [5.74, 6) is 0. The normalized spacial score (nSPS) is 13.2. The number of hydrogen-bond donors (Lipinski definition) is 0. The third-order valence-electron chi connectivity index (χ3n) is 19.9. The molecule has 2 aliphatic rings. The van der Waals surface area contributed by atoms with Gasteiger partial charge in [0.1, 0.15) is 12.1 Å². The minimum absolute atomic E-state index is 0.497. The van der Waals surface area contributed by atoms with Crippen molar-refractivity contribution in [2.45, 2.75) is 44.7 Å². The van der Waals surface area contributed by atoms with Crippen LogP contribution in [-0.4, -0.2) is 20.7 Å². The van der Waals surface area contributed by atoms with Gasteiger partial charge in [0.05, 0.1) is 72.2 Å². The first kappa shape index (κ1) is 53.8. The van der Waals surface area contributed by atoms with Gasteiger partial charge in [-0.3, -0.25) is 0 Å². The number of hydrogen-bond acceptors (Lipinski definition) is 6. The van der Waals surface area contributed by atoms with E-state index in [1.165, 1.54) is 60.0 Å². The zero-order valence-corrected chi connectivity index (χ0v) is 53.7. The monoisotopic (exact) mass is 1210 g/mol. The predicted octanol–water partition coefficient (Wildman–Crippen LogP) is 21.3. The third kappa shape index (κ3) is 7.35. The van der Waals surface area contributed by atoms with Crippen LogP contribution in [0.25, 0.3) is 104 Å². The molecular weight excluding hydrogens is 1160 g/mol. The Labute approximate surface area is 534 Å². The minimum atomic E-state index is -1.75. The number of furan rings is 2. The molecule has 0 radical (unpaired) electrons. The van der Waals surface area contributed by atoms with Crippen molar-refractivity contribution in [3.05, 3.63) is 282 Å². The van der Waals surface area contributed by atoms with E-state index in [1.54, 1.807) is 0 Å². The van der Waals surface area contributed by atoms with E-state index in [0.717, 1.165) is 88.4 Å². The highest BCUT2D eigenvalue weighted by Crippen LogP contribution is 2.66. The summed E-state index contributed by atoms with van der Waals surface area (Å²) in [4.78, 5) is 4.86. The van der Waals surface area contributed by atoms with Crippen LogP contribution in [0.5, 0.6) is 0 Å². The van der Waals surface area contributed by atoms with Crippen LogP contribution in [0.1, 0.15) is 33.4 Å². The van der Waals surface area contributed by atoms with Crippen molar-refractivity contribution in [3.63, 3.8) is 0 Å². The van der Waals surface area contributed by atoms with Gasteiger partial charge in [0, 0.05) is 54.5 Å². The van der Waals surface area contributed by atoms with Gasteiger partial charge in [0.15, 0.2) is 22.3 Å². The van der Waals surface area contributed by atoms with E-state index in [0.29, 0.717) is 33.5 Å². The summed E-state index contributed by atoms with van der Waals surface area (Å²) in [5, 5.41) is 34.3. The summed E-state index contributed by atoms with van der Waals surface area (Å²) in [6.45, 7) is 14.4. The quantitative estimate of drug-likeness (QED) is 0.141. The molecule has 0 amide bonds. The van der Waals surface area contributed by atoms with Gasteiger partial charge in [-0.2, -0.15) is 10.5 Å². The molecule has 0 saturated carbocycles. The SMILES string of the molecule is C[Si](C)(C)c1ccc(N(c2cc3c(c4ccccc24)-c2c(cc(N(c4ccc([Si](C)(C)C)cc4)c4cccc5c4oc4c(C#N)cccc45)c4ccccc24)C32c3ccccc3-n3c4ccccc4c4cccc2c43)c2cccc3c2oc2c(C#N)cccc23)cc1. The maximum Gasteiger partial charge on any atom is 0.159 e. The molecule has 3 aromatic heterocycles. The first-order valence-electron chi connectivity index (χ1n) is 31.6. The van der Waals surface area contributed by atoms with Crippen LogP contribution in [0, 0.1) is 22.7 Å². The minimum Gasteiger partial charge on any atom is -0.452 e. The van der Waals surface area contributed by atoms with Crippen LogP contribution in [0.4, 0.5) is 34.1 Å². The Balaban J connectivity index is 1.02. The van der Waals surface area contributed by atoms with Gasteiger partial charge >= 0.3 is 0 Å². The molecule has 4 heterocycles. The molecule has 1 aliphatic heterocycles. The number of nitrogens with zero attached hydrogens (tertiary/aromatic N) is 5. The van der Waals surface area contributed by atoms with Crippen LogP contribution >= 0.6 is 0 Å². The van der Waals surface area contributed by atoms with Gasteiger partial charge in [-0.25, -0.2) is 0 Å². The second-order valence-corrected chi connectivity index (χ2v) is 37.1. The Bertz CT molecular complexity index is 5680. The molecule has 92 heavy (non-hydrogen) atoms. The van der Waals surface area contributed by atoms with E-state index in [9.17, 15) is 10.5 Å². The fraction of sp³-hybridized carbons (Fsp3) is 0.0843. The molecule has 13 aromatic carbocycles. The Morgan fingerprint density at radius 2 is 0.739 bits per heavy atom. The molecule has 0 bridgehead atoms. The van der Waals surface area contributed by atoms with Crippen LogP contribution < -0.4 is 20.2 Å². The Kier molecular flexibility index (Phi) is 11.3. The lowest BCUT2D eigenvalue weighted by molar-refractivity contribution is 0.667. The van der Waals surface area contributed by atoms with E-state index in [-0.39, 0.29) is 0 Å². The molecule has 16 aromatic rings. The average molecular weight is 1210 g/mol. The fourth-order valence-electron chi connectivity index (χ4n) is 15.8. The fourth-order valence-corrected chi connectivity index (χ4v) is 18.1. The molecule has 18 rings (SSSR count). The number of fused-ring (bicyclic) bond motifs is 22. The Hall–Kier alpha value is -11.2.